The van der Waals surface area contributed by atoms with E-state index in [1.807, 2.05) is 30.3 Å². The number of hydrogen-bond acceptors (Lipinski definition) is 4. The Hall–Kier alpha value is -1.85. The Balaban J connectivity index is 1.53. The molecule has 0 unspecified atom stereocenters. The van der Waals surface area contributed by atoms with Crippen molar-refractivity contribution in [3.05, 3.63) is 59.7 Å². The van der Waals surface area contributed by atoms with Gasteiger partial charge in [0.1, 0.15) is 12.4 Å². The molecule has 1 saturated carbocycles. The lowest BCUT2D eigenvalue weighted by molar-refractivity contribution is 0.294. The van der Waals surface area contributed by atoms with Gasteiger partial charge in [0.05, 0.1) is 4.90 Å². The molecule has 5 heteroatoms. The first-order valence-electron chi connectivity index (χ1n) is 10.6. The van der Waals surface area contributed by atoms with E-state index < -0.39 is 9.84 Å². The Morgan fingerprint density at radius 2 is 1.72 bits per heavy atom. The molecule has 3 rings (SSSR count). The van der Waals surface area contributed by atoms with Crippen LogP contribution in [-0.4, -0.2) is 20.7 Å². The molecule has 29 heavy (non-hydrogen) atoms. The van der Waals surface area contributed by atoms with Gasteiger partial charge in [-0.05, 0) is 43.0 Å². The highest BCUT2D eigenvalue weighted by Crippen LogP contribution is 2.27. The SMILES string of the molecule is C[C@@H](CC1CCCCC1)NCc1ccccc1OCc1ccc(S(C)(=O)=O)cc1. The van der Waals surface area contributed by atoms with E-state index in [0.29, 0.717) is 17.5 Å². The third-order valence-electron chi connectivity index (χ3n) is 5.77. The van der Waals surface area contributed by atoms with Gasteiger partial charge in [0.25, 0.3) is 0 Å². The van der Waals surface area contributed by atoms with Crippen LogP contribution < -0.4 is 10.1 Å². The monoisotopic (exact) mass is 415 g/mol. The van der Waals surface area contributed by atoms with Gasteiger partial charge in [-0.25, -0.2) is 8.42 Å². The normalized spacial score (nSPS) is 16.5. The summed E-state index contributed by atoms with van der Waals surface area (Å²) in [5, 5.41) is 3.66. The summed E-state index contributed by atoms with van der Waals surface area (Å²) >= 11 is 0. The van der Waals surface area contributed by atoms with E-state index in [-0.39, 0.29) is 0 Å². The van der Waals surface area contributed by atoms with Crippen molar-refractivity contribution in [2.75, 3.05) is 6.26 Å². The summed E-state index contributed by atoms with van der Waals surface area (Å²) in [7, 11) is -3.17. The van der Waals surface area contributed by atoms with Crippen LogP contribution in [0.1, 0.15) is 56.6 Å². The Morgan fingerprint density at radius 1 is 1.03 bits per heavy atom. The van der Waals surface area contributed by atoms with Crippen LogP contribution in [-0.2, 0) is 23.0 Å². The summed E-state index contributed by atoms with van der Waals surface area (Å²) in [4.78, 5) is 0.331. The molecule has 0 spiro atoms. The van der Waals surface area contributed by atoms with Gasteiger partial charge in [0.15, 0.2) is 9.84 Å². The van der Waals surface area contributed by atoms with Gasteiger partial charge >= 0.3 is 0 Å². The molecule has 1 aliphatic carbocycles. The van der Waals surface area contributed by atoms with Crippen LogP contribution in [0.5, 0.6) is 5.75 Å². The molecular formula is C24H33NO3S. The predicted molar refractivity (Wildman–Crippen MR) is 118 cm³/mol. The van der Waals surface area contributed by atoms with Gasteiger partial charge < -0.3 is 10.1 Å². The highest BCUT2D eigenvalue weighted by atomic mass is 32.2. The lowest BCUT2D eigenvalue weighted by Crippen LogP contribution is -2.28. The summed E-state index contributed by atoms with van der Waals surface area (Å²) in [6.07, 6.45) is 9.40. The van der Waals surface area contributed by atoms with Crippen molar-refractivity contribution in [2.45, 2.75) is 69.5 Å². The van der Waals surface area contributed by atoms with Crippen LogP contribution in [0.4, 0.5) is 0 Å². The van der Waals surface area contributed by atoms with E-state index >= 15 is 0 Å². The van der Waals surface area contributed by atoms with Crippen molar-refractivity contribution in [1.29, 1.82) is 0 Å². The largest absolute Gasteiger partial charge is 0.489 e. The van der Waals surface area contributed by atoms with Crippen molar-refractivity contribution in [1.82, 2.24) is 5.32 Å². The lowest BCUT2D eigenvalue weighted by Gasteiger charge is -2.25. The van der Waals surface area contributed by atoms with E-state index in [1.54, 1.807) is 12.1 Å². The number of para-hydroxylation sites is 1. The summed E-state index contributed by atoms with van der Waals surface area (Å²) in [5.74, 6) is 1.74. The average Bonchev–Trinajstić information content (AvgIpc) is 2.72. The Bertz CT molecular complexity index is 871. The second-order valence-corrected chi connectivity index (χ2v) is 10.3. The number of sulfone groups is 1. The topological polar surface area (TPSA) is 55.4 Å². The summed E-state index contributed by atoms with van der Waals surface area (Å²) in [5.41, 5.74) is 2.10. The van der Waals surface area contributed by atoms with Crippen LogP contribution in [0.2, 0.25) is 0 Å². The minimum Gasteiger partial charge on any atom is -0.489 e. The van der Waals surface area contributed by atoms with Gasteiger partial charge in [-0.3, -0.25) is 0 Å². The molecule has 0 bridgehead atoms. The molecule has 4 nitrogen and oxygen atoms in total. The second kappa shape index (κ2) is 10.3. The fourth-order valence-corrected chi connectivity index (χ4v) is 4.71. The van der Waals surface area contributed by atoms with Crippen molar-refractivity contribution in [3.8, 4) is 5.75 Å². The fourth-order valence-electron chi connectivity index (χ4n) is 4.08. The lowest BCUT2D eigenvalue weighted by atomic mass is 9.85. The molecule has 0 aliphatic heterocycles. The predicted octanol–water partition coefficient (Wildman–Crippen LogP) is 5.12. The highest BCUT2D eigenvalue weighted by molar-refractivity contribution is 7.90. The van der Waals surface area contributed by atoms with Crippen molar-refractivity contribution >= 4 is 9.84 Å². The van der Waals surface area contributed by atoms with Crippen LogP contribution in [0.3, 0.4) is 0 Å². The van der Waals surface area contributed by atoms with Crippen molar-refractivity contribution in [2.24, 2.45) is 5.92 Å². The first-order valence-corrected chi connectivity index (χ1v) is 12.5. The molecule has 0 aromatic heterocycles. The standard InChI is InChI=1S/C24H33NO3S/c1-19(16-20-8-4-3-5-9-20)25-17-22-10-6-7-11-24(22)28-18-21-12-14-23(15-13-21)29(2,26)27/h6-7,10-15,19-20,25H,3-5,8-9,16-18H2,1-2H3/t19-/m0/s1. The van der Waals surface area contributed by atoms with Crippen LogP contribution in [0.15, 0.2) is 53.4 Å². The summed E-state index contributed by atoms with van der Waals surface area (Å²) in [6, 6.07) is 15.5. The maximum atomic E-state index is 11.6. The summed E-state index contributed by atoms with van der Waals surface area (Å²) in [6.45, 7) is 3.48. The van der Waals surface area contributed by atoms with E-state index in [2.05, 4.69) is 18.3 Å². The quantitative estimate of drug-likeness (QED) is 0.618. The minimum atomic E-state index is -3.17. The molecule has 0 radical (unpaired) electrons. The smallest absolute Gasteiger partial charge is 0.175 e. The van der Waals surface area contributed by atoms with Crippen molar-refractivity contribution in [3.63, 3.8) is 0 Å². The molecule has 2 aromatic carbocycles. The number of benzene rings is 2. The van der Waals surface area contributed by atoms with Gasteiger partial charge in [0, 0.05) is 24.4 Å². The zero-order valence-corrected chi connectivity index (χ0v) is 18.4. The van der Waals surface area contributed by atoms with Gasteiger partial charge in [-0.1, -0.05) is 62.4 Å². The number of rotatable bonds is 9. The molecule has 1 atom stereocenters. The highest BCUT2D eigenvalue weighted by Gasteiger charge is 2.16. The molecule has 0 heterocycles. The van der Waals surface area contributed by atoms with E-state index in [1.165, 1.54) is 44.8 Å². The molecule has 158 valence electrons. The second-order valence-electron chi connectivity index (χ2n) is 8.33. The van der Waals surface area contributed by atoms with E-state index in [0.717, 1.165) is 29.3 Å². The molecule has 0 amide bonds. The van der Waals surface area contributed by atoms with Crippen molar-refractivity contribution < 1.29 is 13.2 Å². The zero-order valence-electron chi connectivity index (χ0n) is 17.6. The van der Waals surface area contributed by atoms with Gasteiger partial charge in [-0.15, -0.1) is 0 Å². The first-order chi connectivity index (χ1) is 13.9. The molecule has 2 aromatic rings. The third-order valence-corrected chi connectivity index (χ3v) is 6.90. The Labute approximate surface area is 175 Å². The minimum absolute atomic E-state index is 0.331. The number of ether oxygens (including phenoxy) is 1. The molecule has 0 saturated heterocycles. The molecular weight excluding hydrogens is 382 g/mol. The van der Waals surface area contributed by atoms with Crippen LogP contribution >= 0.6 is 0 Å². The molecule has 1 aliphatic rings. The van der Waals surface area contributed by atoms with E-state index in [9.17, 15) is 8.42 Å². The Morgan fingerprint density at radius 3 is 2.41 bits per heavy atom. The maximum Gasteiger partial charge on any atom is 0.175 e. The maximum absolute atomic E-state index is 11.6. The summed E-state index contributed by atoms with van der Waals surface area (Å²) < 4.78 is 29.2. The number of hydrogen-bond donors (Lipinski definition) is 1. The Kier molecular flexibility index (Phi) is 7.73. The molecule has 1 N–H and O–H groups in total. The van der Waals surface area contributed by atoms with Gasteiger partial charge in [-0.2, -0.15) is 0 Å². The van der Waals surface area contributed by atoms with Crippen LogP contribution in [0.25, 0.3) is 0 Å². The average molecular weight is 416 g/mol. The van der Waals surface area contributed by atoms with E-state index in [4.69, 9.17) is 4.74 Å². The van der Waals surface area contributed by atoms with Crippen LogP contribution in [0, 0.1) is 5.92 Å². The fraction of sp³-hybridized carbons (Fsp3) is 0.500. The molecule has 1 fully saturated rings. The first kappa shape index (κ1) is 21.8. The zero-order chi connectivity index (χ0) is 20.7. The number of nitrogens with one attached hydrogen (secondary N) is 1. The van der Waals surface area contributed by atoms with Gasteiger partial charge in [0.2, 0.25) is 0 Å². The third kappa shape index (κ3) is 6.86.